The summed E-state index contributed by atoms with van der Waals surface area (Å²) in [5.74, 6) is 1.60. The van der Waals surface area contributed by atoms with Crippen molar-refractivity contribution in [1.82, 2.24) is 15.6 Å². The number of nitrogens with zero attached hydrogens (tertiary/aromatic N) is 1. The van der Waals surface area contributed by atoms with E-state index in [9.17, 15) is 4.21 Å². The molecule has 3 atom stereocenters. The van der Waals surface area contributed by atoms with Crippen LogP contribution in [0.25, 0.3) is 10.9 Å². The van der Waals surface area contributed by atoms with Crippen molar-refractivity contribution in [3.8, 4) is 0 Å². The number of hydrogen-bond acceptors (Lipinski definition) is 2. The number of aromatic nitrogens is 1. The lowest BCUT2D eigenvalue weighted by Gasteiger charge is -2.30. The van der Waals surface area contributed by atoms with Crippen LogP contribution in [0.4, 0.5) is 0 Å². The fourth-order valence-electron chi connectivity index (χ4n) is 3.65. The lowest BCUT2D eigenvalue weighted by molar-refractivity contribution is 0.413. The Morgan fingerprint density at radius 1 is 1.30 bits per heavy atom. The minimum Gasteiger partial charge on any atom is -0.357 e. The molecule has 3 unspecified atom stereocenters. The van der Waals surface area contributed by atoms with Crippen molar-refractivity contribution in [3.63, 3.8) is 0 Å². The molecular weight excluding hydrogens is 471 g/mol. The molecule has 1 heterocycles. The SMILES string of the molecule is CCNC(=NCc1cc2ccccc2[nH]1)NC1CCCC(S(=O)CC)C1.I. The van der Waals surface area contributed by atoms with Gasteiger partial charge in [-0.1, -0.05) is 31.5 Å². The topological polar surface area (TPSA) is 69.3 Å². The van der Waals surface area contributed by atoms with Gasteiger partial charge in [-0.05, 0) is 43.7 Å². The zero-order valence-electron chi connectivity index (χ0n) is 16.2. The summed E-state index contributed by atoms with van der Waals surface area (Å²) in [6.45, 7) is 5.53. The van der Waals surface area contributed by atoms with Crippen molar-refractivity contribution in [2.24, 2.45) is 4.99 Å². The van der Waals surface area contributed by atoms with Crippen LogP contribution in [-0.2, 0) is 17.3 Å². The first-order valence-corrected chi connectivity index (χ1v) is 11.1. The Morgan fingerprint density at radius 3 is 2.85 bits per heavy atom. The van der Waals surface area contributed by atoms with E-state index in [1.165, 1.54) is 5.39 Å². The van der Waals surface area contributed by atoms with Crippen LogP contribution in [0.1, 0.15) is 45.2 Å². The van der Waals surface area contributed by atoms with Gasteiger partial charge in [0, 0.05) is 45.6 Å². The summed E-state index contributed by atoms with van der Waals surface area (Å²) in [5.41, 5.74) is 2.25. The number of hydrogen-bond donors (Lipinski definition) is 3. The van der Waals surface area contributed by atoms with E-state index in [-0.39, 0.29) is 24.0 Å². The number of guanidine groups is 1. The predicted molar refractivity (Wildman–Crippen MR) is 126 cm³/mol. The van der Waals surface area contributed by atoms with E-state index in [0.29, 0.717) is 17.8 Å². The minimum absolute atomic E-state index is 0. The number of nitrogens with one attached hydrogen (secondary N) is 3. The van der Waals surface area contributed by atoms with Crippen molar-refractivity contribution in [2.75, 3.05) is 12.3 Å². The van der Waals surface area contributed by atoms with Gasteiger partial charge in [-0.2, -0.15) is 0 Å². The molecule has 1 aliphatic rings. The van der Waals surface area contributed by atoms with E-state index in [2.05, 4.69) is 46.8 Å². The molecule has 0 saturated heterocycles. The van der Waals surface area contributed by atoms with Gasteiger partial charge in [0.05, 0.1) is 6.54 Å². The molecule has 7 heteroatoms. The number of aromatic amines is 1. The summed E-state index contributed by atoms with van der Waals surface area (Å²) < 4.78 is 12.2. The van der Waals surface area contributed by atoms with Gasteiger partial charge in [-0.25, -0.2) is 4.99 Å². The Morgan fingerprint density at radius 2 is 2.11 bits per heavy atom. The molecule has 0 aliphatic heterocycles. The van der Waals surface area contributed by atoms with Crippen LogP contribution in [0, 0.1) is 0 Å². The van der Waals surface area contributed by atoms with Gasteiger partial charge in [0.15, 0.2) is 5.96 Å². The van der Waals surface area contributed by atoms with Crippen LogP contribution in [-0.4, -0.2) is 38.7 Å². The molecule has 1 saturated carbocycles. The molecule has 3 N–H and O–H groups in total. The zero-order valence-corrected chi connectivity index (χ0v) is 19.3. The molecule has 2 aromatic rings. The number of rotatable bonds is 6. The molecule has 5 nitrogen and oxygen atoms in total. The molecule has 1 fully saturated rings. The third-order valence-electron chi connectivity index (χ3n) is 4.96. The van der Waals surface area contributed by atoms with Crippen LogP contribution < -0.4 is 10.6 Å². The first kappa shape index (κ1) is 22.2. The van der Waals surface area contributed by atoms with Crippen LogP contribution in [0.2, 0.25) is 0 Å². The first-order valence-electron chi connectivity index (χ1n) is 9.68. The molecular formula is C20H31IN4OS. The van der Waals surface area contributed by atoms with Crippen LogP contribution in [0.15, 0.2) is 35.3 Å². The van der Waals surface area contributed by atoms with Crippen molar-refractivity contribution < 1.29 is 4.21 Å². The number of benzene rings is 1. The maximum absolute atomic E-state index is 12.2. The fourth-order valence-corrected chi connectivity index (χ4v) is 4.99. The Balaban J connectivity index is 0.00000261. The molecule has 0 radical (unpaired) electrons. The summed E-state index contributed by atoms with van der Waals surface area (Å²) in [4.78, 5) is 8.17. The van der Waals surface area contributed by atoms with E-state index in [1.807, 2.05) is 13.0 Å². The second kappa shape index (κ2) is 11.0. The van der Waals surface area contributed by atoms with Crippen LogP contribution in [0.5, 0.6) is 0 Å². The molecule has 0 spiro atoms. The Kier molecular flexibility index (Phi) is 9.08. The van der Waals surface area contributed by atoms with Crippen LogP contribution >= 0.6 is 24.0 Å². The fraction of sp³-hybridized carbons (Fsp3) is 0.550. The quantitative estimate of drug-likeness (QED) is 0.319. The number of fused-ring (bicyclic) bond motifs is 1. The monoisotopic (exact) mass is 502 g/mol. The Hall–Kier alpha value is -1.09. The van der Waals surface area contributed by atoms with Gasteiger partial charge in [-0.15, -0.1) is 24.0 Å². The average molecular weight is 502 g/mol. The predicted octanol–water partition coefficient (Wildman–Crippen LogP) is 3.92. The highest BCUT2D eigenvalue weighted by Gasteiger charge is 2.26. The lowest BCUT2D eigenvalue weighted by atomic mass is 9.95. The largest absolute Gasteiger partial charge is 0.357 e. The third-order valence-corrected chi connectivity index (χ3v) is 6.70. The summed E-state index contributed by atoms with van der Waals surface area (Å²) >= 11 is 0. The van der Waals surface area contributed by atoms with Gasteiger partial charge in [0.2, 0.25) is 0 Å². The average Bonchev–Trinajstić information content (AvgIpc) is 3.09. The van der Waals surface area contributed by atoms with E-state index in [0.717, 1.165) is 55.2 Å². The number of H-pyrrole nitrogens is 1. The molecule has 27 heavy (non-hydrogen) atoms. The zero-order chi connectivity index (χ0) is 18.4. The van der Waals surface area contributed by atoms with E-state index in [4.69, 9.17) is 4.99 Å². The third kappa shape index (κ3) is 6.20. The van der Waals surface area contributed by atoms with E-state index in [1.54, 1.807) is 0 Å². The highest BCUT2D eigenvalue weighted by Crippen LogP contribution is 2.23. The smallest absolute Gasteiger partial charge is 0.191 e. The summed E-state index contributed by atoms with van der Waals surface area (Å²) in [5, 5.41) is 8.44. The van der Waals surface area contributed by atoms with Crippen LogP contribution in [0.3, 0.4) is 0 Å². The van der Waals surface area contributed by atoms with Crippen molar-refractivity contribution >= 4 is 51.6 Å². The van der Waals surface area contributed by atoms with Gasteiger partial charge in [0.1, 0.15) is 0 Å². The standard InChI is InChI=1S/C20H30N4OS.HI/c1-3-21-20(24-16-9-7-10-18(13-16)26(25)4-2)22-14-17-12-15-8-5-6-11-19(15)23-17;/h5-6,8,11-12,16,18,23H,3-4,7,9-10,13-14H2,1-2H3,(H2,21,22,24);1H. The maximum Gasteiger partial charge on any atom is 0.191 e. The Labute approximate surface area is 181 Å². The van der Waals surface area contributed by atoms with Crippen molar-refractivity contribution in [1.29, 1.82) is 0 Å². The first-order chi connectivity index (χ1) is 12.7. The van der Waals surface area contributed by atoms with E-state index >= 15 is 0 Å². The second-order valence-corrected chi connectivity index (χ2v) is 8.88. The normalized spacial score (nSPS) is 21.5. The summed E-state index contributed by atoms with van der Waals surface area (Å²) in [7, 11) is -0.701. The summed E-state index contributed by atoms with van der Waals surface area (Å²) in [6.07, 6.45) is 4.31. The molecule has 0 bridgehead atoms. The highest BCUT2D eigenvalue weighted by atomic mass is 127. The number of para-hydroxylation sites is 1. The molecule has 1 aromatic carbocycles. The maximum atomic E-state index is 12.2. The molecule has 0 amide bonds. The molecule has 150 valence electrons. The molecule has 1 aromatic heterocycles. The number of halogens is 1. The molecule has 1 aliphatic carbocycles. The second-order valence-electron chi connectivity index (χ2n) is 6.88. The summed E-state index contributed by atoms with van der Waals surface area (Å²) in [6, 6.07) is 10.8. The van der Waals surface area contributed by atoms with E-state index < -0.39 is 10.8 Å². The van der Waals surface area contributed by atoms with Gasteiger partial charge in [0.25, 0.3) is 0 Å². The minimum atomic E-state index is -0.701. The van der Waals surface area contributed by atoms with Gasteiger partial charge < -0.3 is 15.6 Å². The Bertz CT molecular complexity index is 743. The number of aliphatic imine (C=N–C) groups is 1. The van der Waals surface area contributed by atoms with Gasteiger partial charge >= 0.3 is 0 Å². The van der Waals surface area contributed by atoms with Crippen molar-refractivity contribution in [3.05, 3.63) is 36.0 Å². The lowest BCUT2D eigenvalue weighted by Crippen LogP contribution is -2.46. The molecule has 3 rings (SSSR count). The van der Waals surface area contributed by atoms with Crippen molar-refractivity contribution in [2.45, 2.75) is 57.4 Å². The highest BCUT2D eigenvalue weighted by molar-refractivity contribution is 14.0. The van der Waals surface area contributed by atoms with Gasteiger partial charge in [-0.3, -0.25) is 4.21 Å².